The summed E-state index contributed by atoms with van der Waals surface area (Å²) in [5, 5.41) is 21.3. The first-order chi connectivity index (χ1) is 8.76. The molecule has 18 heavy (non-hydrogen) atoms. The van der Waals surface area contributed by atoms with Crippen molar-refractivity contribution < 1.29 is 5.21 Å². The summed E-state index contributed by atoms with van der Waals surface area (Å²) >= 11 is 5.94. The first-order valence-electron chi connectivity index (χ1n) is 5.23. The van der Waals surface area contributed by atoms with Crippen molar-refractivity contribution in [2.75, 3.05) is 0 Å². The second-order valence-corrected chi connectivity index (χ2v) is 4.03. The molecule has 0 heterocycles. The summed E-state index contributed by atoms with van der Waals surface area (Å²) in [4.78, 5) is 0. The van der Waals surface area contributed by atoms with Gasteiger partial charge in [-0.1, -0.05) is 53.2 Å². The van der Waals surface area contributed by atoms with Crippen LogP contribution in [0.3, 0.4) is 0 Å². The summed E-state index contributed by atoms with van der Waals surface area (Å²) in [6, 6.07) is 11.5. The van der Waals surface area contributed by atoms with Gasteiger partial charge in [-0.25, -0.2) is 0 Å². The third-order valence-corrected chi connectivity index (χ3v) is 2.82. The van der Waals surface area contributed by atoms with Crippen LogP contribution in [0.2, 0.25) is 0 Å². The smallest absolute Gasteiger partial charge is 0.121 e. The fourth-order valence-corrected chi connectivity index (χ4v) is 1.86. The molecule has 1 aliphatic carbocycles. The minimum Gasteiger partial charge on any atom is -0.410 e. The molecule has 0 bridgehead atoms. The molecule has 0 aliphatic heterocycles. The van der Waals surface area contributed by atoms with Crippen molar-refractivity contribution >= 4 is 22.9 Å². The molecule has 0 saturated carbocycles. The van der Waals surface area contributed by atoms with Crippen LogP contribution in [-0.4, -0.2) is 10.9 Å². The van der Waals surface area contributed by atoms with Crippen molar-refractivity contribution in [1.29, 1.82) is 5.26 Å². The molecule has 2 rings (SSSR count). The van der Waals surface area contributed by atoms with Crippen molar-refractivity contribution in [2.24, 2.45) is 5.16 Å². The molecule has 0 spiro atoms. The van der Waals surface area contributed by atoms with E-state index in [0.29, 0.717) is 16.2 Å². The fourth-order valence-electron chi connectivity index (χ4n) is 1.64. The summed E-state index contributed by atoms with van der Waals surface area (Å²) in [5.41, 5.74) is 2.33. The van der Waals surface area contributed by atoms with Gasteiger partial charge in [0.1, 0.15) is 11.8 Å². The highest BCUT2D eigenvalue weighted by atomic mass is 35.5. The molecule has 4 heteroatoms. The maximum absolute atomic E-state index is 9.25. The molecule has 0 amide bonds. The van der Waals surface area contributed by atoms with E-state index in [1.807, 2.05) is 30.3 Å². The number of rotatable bonds is 1. The Hall–Kier alpha value is -2.31. The van der Waals surface area contributed by atoms with Crippen LogP contribution in [0.4, 0.5) is 0 Å². The van der Waals surface area contributed by atoms with Crippen molar-refractivity contribution in [3.8, 4) is 6.07 Å². The van der Waals surface area contributed by atoms with Gasteiger partial charge in [0.05, 0.1) is 10.6 Å². The first-order valence-corrected chi connectivity index (χ1v) is 5.61. The Balaban J connectivity index is 2.52. The highest BCUT2D eigenvalue weighted by Gasteiger charge is 2.12. The second-order valence-electron chi connectivity index (χ2n) is 3.62. The van der Waals surface area contributed by atoms with Crippen LogP contribution in [0.25, 0.3) is 5.57 Å². The highest BCUT2D eigenvalue weighted by Crippen LogP contribution is 2.25. The Labute approximate surface area is 110 Å². The van der Waals surface area contributed by atoms with Crippen LogP contribution >= 0.6 is 11.6 Å². The van der Waals surface area contributed by atoms with E-state index in [4.69, 9.17) is 16.8 Å². The van der Waals surface area contributed by atoms with Crippen LogP contribution < -0.4 is 0 Å². The number of hydrogen-bond acceptors (Lipinski definition) is 3. The van der Waals surface area contributed by atoms with Crippen LogP contribution in [0.5, 0.6) is 0 Å². The first kappa shape index (κ1) is 12.2. The van der Waals surface area contributed by atoms with E-state index in [9.17, 15) is 5.26 Å². The van der Waals surface area contributed by atoms with Gasteiger partial charge >= 0.3 is 0 Å². The van der Waals surface area contributed by atoms with Crippen molar-refractivity contribution in [3.63, 3.8) is 0 Å². The quantitative estimate of drug-likeness (QED) is 0.475. The Morgan fingerprint density at radius 3 is 2.50 bits per heavy atom. The van der Waals surface area contributed by atoms with Gasteiger partial charge in [-0.05, 0) is 23.3 Å². The van der Waals surface area contributed by atoms with Crippen molar-refractivity contribution in [2.45, 2.75) is 0 Å². The summed E-state index contributed by atoms with van der Waals surface area (Å²) in [6.07, 6.45) is 4.88. The van der Waals surface area contributed by atoms with E-state index in [-0.39, 0.29) is 5.71 Å². The van der Waals surface area contributed by atoms with Crippen LogP contribution in [0.15, 0.2) is 64.3 Å². The van der Waals surface area contributed by atoms with Crippen molar-refractivity contribution in [1.82, 2.24) is 0 Å². The fraction of sp³-hybridized carbons (Fsp3) is 0. The molecule has 1 aromatic carbocycles. The second kappa shape index (κ2) is 5.35. The Bertz CT molecular complexity index is 619. The van der Waals surface area contributed by atoms with E-state index < -0.39 is 0 Å². The predicted molar refractivity (Wildman–Crippen MR) is 71.3 cm³/mol. The molecular weight excluding hydrogens is 248 g/mol. The molecule has 0 atom stereocenters. The van der Waals surface area contributed by atoms with E-state index in [1.54, 1.807) is 18.2 Å². The van der Waals surface area contributed by atoms with Crippen molar-refractivity contribution in [3.05, 3.63) is 64.7 Å². The van der Waals surface area contributed by atoms with Gasteiger partial charge in [0.15, 0.2) is 0 Å². The summed E-state index contributed by atoms with van der Waals surface area (Å²) in [5.74, 6) is 0. The van der Waals surface area contributed by atoms with E-state index in [2.05, 4.69) is 11.2 Å². The lowest BCUT2D eigenvalue weighted by Gasteiger charge is -2.08. The zero-order valence-corrected chi connectivity index (χ0v) is 10.1. The highest BCUT2D eigenvalue weighted by molar-refractivity contribution is 6.46. The zero-order chi connectivity index (χ0) is 13.0. The maximum atomic E-state index is 9.25. The van der Waals surface area contributed by atoms with Gasteiger partial charge in [0.2, 0.25) is 0 Å². The summed E-state index contributed by atoms with van der Waals surface area (Å²) in [6.45, 7) is 0. The zero-order valence-electron chi connectivity index (χ0n) is 9.34. The number of benzene rings is 1. The molecule has 0 aromatic heterocycles. The average molecular weight is 257 g/mol. The third-order valence-electron chi connectivity index (χ3n) is 2.52. The number of hydrogen-bond donors (Lipinski definition) is 1. The molecule has 1 aromatic rings. The van der Waals surface area contributed by atoms with Gasteiger partial charge in [-0.3, -0.25) is 0 Å². The number of oxime groups is 1. The van der Waals surface area contributed by atoms with Crippen LogP contribution in [0.1, 0.15) is 5.56 Å². The van der Waals surface area contributed by atoms with Crippen LogP contribution in [0, 0.1) is 11.3 Å². The van der Waals surface area contributed by atoms with Gasteiger partial charge in [0.25, 0.3) is 0 Å². The minimum absolute atomic E-state index is 0.283. The van der Waals surface area contributed by atoms with Gasteiger partial charge < -0.3 is 5.21 Å². The Morgan fingerprint density at radius 1 is 1.22 bits per heavy atom. The molecule has 88 valence electrons. The van der Waals surface area contributed by atoms with Gasteiger partial charge in [-0.2, -0.15) is 5.26 Å². The van der Waals surface area contributed by atoms with E-state index in [0.717, 1.165) is 5.56 Å². The van der Waals surface area contributed by atoms with Gasteiger partial charge in [-0.15, -0.1) is 0 Å². The number of nitrogens with zero attached hydrogens (tertiary/aromatic N) is 2. The molecule has 1 N–H and O–H groups in total. The Kier molecular flexibility index (Phi) is 3.61. The molecule has 1 aliphatic rings. The lowest BCUT2D eigenvalue weighted by Crippen LogP contribution is -2.00. The molecule has 0 fully saturated rings. The standard InChI is InChI=1S/C14H9ClN2O/c15-13-8-11(6-7-14(13)17-18)12(9-16)10-4-2-1-3-5-10/h1-8,18H/b12-11+,17-14+. The third kappa shape index (κ3) is 2.34. The molecular formula is C14H9ClN2O. The molecule has 0 saturated heterocycles. The predicted octanol–water partition coefficient (Wildman–Crippen LogP) is 3.49. The van der Waals surface area contributed by atoms with E-state index in [1.165, 1.54) is 0 Å². The van der Waals surface area contributed by atoms with Crippen LogP contribution in [-0.2, 0) is 0 Å². The van der Waals surface area contributed by atoms with Gasteiger partial charge in [0, 0.05) is 0 Å². The SMILES string of the molecule is N#C/C(=C1C=C/C(=N\O)C(Cl)=C/1)c1ccccc1. The normalized spacial score (nSPS) is 19.3. The average Bonchev–Trinajstić information content (AvgIpc) is 2.41. The van der Waals surface area contributed by atoms with E-state index >= 15 is 0 Å². The minimum atomic E-state index is 0.283. The maximum Gasteiger partial charge on any atom is 0.121 e. The lowest BCUT2D eigenvalue weighted by molar-refractivity contribution is 0.320. The number of halogens is 1. The number of nitriles is 1. The summed E-state index contributed by atoms with van der Waals surface area (Å²) in [7, 11) is 0. The lowest BCUT2D eigenvalue weighted by atomic mass is 9.97. The Morgan fingerprint density at radius 2 is 1.94 bits per heavy atom. The molecule has 0 radical (unpaired) electrons. The molecule has 0 unspecified atom stereocenters. The topological polar surface area (TPSA) is 56.4 Å². The molecule has 3 nitrogen and oxygen atoms in total. The monoisotopic (exact) mass is 256 g/mol. The number of allylic oxidation sites excluding steroid dienone is 6. The summed E-state index contributed by atoms with van der Waals surface area (Å²) < 4.78 is 0. The largest absolute Gasteiger partial charge is 0.410 e.